The molecule has 0 unspecified atom stereocenters. The molecular formula is C17H27N3O3S. The third-order valence-electron chi connectivity index (χ3n) is 5.81. The van der Waals surface area contributed by atoms with Crippen molar-refractivity contribution in [2.24, 2.45) is 17.1 Å². The summed E-state index contributed by atoms with van der Waals surface area (Å²) in [6, 6.07) is 0.251. The van der Waals surface area contributed by atoms with Crippen molar-refractivity contribution in [3.63, 3.8) is 0 Å². The molecule has 3 aliphatic rings. The quantitative estimate of drug-likeness (QED) is 0.567. The largest absolute Gasteiger partial charge is 0.369 e. The van der Waals surface area contributed by atoms with E-state index >= 15 is 0 Å². The number of carbonyl (C=O) groups is 3. The average Bonchev–Trinajstić information content (AvgIpc) is 3.38. The van der Waals surface area contributed by atoms with Crippen molar-refractivity contribution in [3.05, 3.63) is 0 Å². The highest BCUT2D eigenvalue weighted by atomic mass is 32.2. The van der Waals surface area contributed by atoms with Crippen molar-refractivity contribution in [1.29, 1.82) is 0 Å². The van der Waals surface area contributed by atoms with Crippen LogP contribution < -0.4 is 5.73 Å². The molecule has 134 valence electrons. The summed E-state index contributed by atoms with van der Waals surface area (Å²) in [5.41, 5.74) is 4.52. The lowest BCUT2D eigenvalue weighted by molar-refractivity contribution is -0.148. The second-order valence-corrected chi connectivity index (χ2v) is 8.27. The van der Waals surface area contributed by atoms with Crippen LogP contribution in [-0.2, 0) is 14.4 Å². The number of thioether (sulfide) groups is 1. The maximum atomic E-state index is 12.7. The van der Waals surface area contributed by atoms with Gasteiger partial charge in [-0.05, 0) is 50.0 Å². The van der Waals surface area contributed by atoms with Gasteiger partial charge in [0, 0.05) is 32.1 Å². The number of amides is 3. The Bertz CT molecular complexity index is 535. The van der Waals surface area contributed by atoms with E-state index in [0.717, 1.165) is 31.6 Å². The van der Waals surface area contributed by atoms with E-state index in [-0.39, 0.29) is 17.9 Å². The van der Waals surface area contributed by atoms with Gasteiger partial charge in [0.15, 0.2) is 0 Å². The van der Waals surface area contributed by atoms with E-state index in [1.54, 1.807) is 11.8 Å². The number of likely N-dealkylation sites (tertiary alicyclic amines) is 2. The van der Waals surface area contributed by atoms with Crippen molar-refractivity contribution in [2.45, 2.75) is 44.6 Å². The first-order valence-electron chi connectivity index (χ1n) is 8.87. The lowest BCUT2D eigenvalue weighted by Crippen LogP contribution is -2.58. The minimum Gasteiger partial charge on any atom is -0.369 e. The number of hydrogen-bond acceptors (Lipinski definition) is 4. The van der Waals surface area contributed by atoms with Crippen LogP contribution in [0.15, 0.2) is 0 Å². The standard InChI is InChI=1S/C17H27N3O3S/c1-24-10-2-8-20-13-5-9-19(11-12(13)3-4-14(20)21)16(23)17(6-7-17)15(18)22/h12-13H,2-11H2,1H3,(H2,18,22)/t12-,13+/m0/s1. The zero-order chi connectivity index (χ0) is 17.3. The van der Waals surface area contributed by atoms with Gasteiger partial charge in [0.05, 0.1) is 0 Å². The Morgan fingerprint density at radius 3 is 2.71 bits per heavy atom. The summed E-state index contributed by atoms with van der Waals surface area (Å²) in [5, 5.41) is 0. The van der Waals surface area contributed by atoms with Gasteiger partial charge in [-0.15, -0.1) is 0 Å². The maximum absolute atomic E-state index is 12.7. The fourth-order valence-electron chi connectivity index (χ4n) is 4.20. The van der Waals surface area contributed by atoms with Gasteiger partial charge in [0.25, 0.3) is 0 Å². The molecule has 3 fully saturated rings. The number of primary amides is 1. The highest BCUT2D eigenvalue weighted by Gasteiger charge is 2.57. The summed E-state index contributed by atoms with van der Waals surface area (Å²) in [7, 11) is 0. The molecule has 7 heteroatoms. The topological polar surface area (TPSA) is 83.7 Å². The zero-order valence-corrected chi connectivity index (χ0v) is 15.1. The normalized spacial score (nSPS) is 28.5. The predicted octanol–water partition coefficient (Wildman–Crippen LogP) is 0.845. The van der Waals surface area contributed by atoms with Crippen LogP contribution in [0.1, 0.15) is 38.5 Å². The van der Waals surface area contributed by atoms with Gasteiger partial charge in [0.2, 0.25) is 17.7 Å². The summed E-state index contributed by atoms with van der Waals surface area (Å²) in [6.07, 6.45) is 6.51. The molecule has 1 aliphatic carbocycles. The molecule has 0 radical (unpaired) electrons. The van der Waals surface area contributed by atoms with Gasteiger partial charge in [-0.1, -0.05) is 0 Å². The van der Waals surface area contributed by atoms with Gasteiger partial charge in [-0.3, -0.25) is 14.4 Å². The van der Waals surface area contributed by atoms with E-state index in [1.807, 2.05) is 9.80 Å². The molecule has 2 atom stereocenters. The summed E-state index contributed by atoms with van der Waals surface area (Å²) in [4.78, 5) is 40.5. The molecular weight excluding hydrogens is 326 g/mol. The van der Waals surface area contributed by atoms with Crippen LogP contribution in [0.2, 0.25) is 0 Å². The van der Waals surface area contributed by atoms with Crippen LogP contribution >= 0.6 is 11.8 Å². The highest BCUT2D eigenvalue weighted by Crippen LogP contribution is 2.47. The summed E-state index contributed by atoms with van der Waals surface area (Å²) in [5.74, 6) is 1.09. The van der Waals surface area contributed by atoms with Crippen molar-refractivity contribution in [3.8, 4) is 0 Å². The summed E-state index contributed by atoms with van der Waals surface area (Å²) < 4.78 is 0. The fraction of sp³-hybridized carbons (Fsp3) is 0.824. The number of hydrogen-bond donors (Lipinski definition) is 1. The fourth-order valence-corrected chi connectivity index (χ4v) is 4.62. The molecule has 0 spiro atoms. The van der Waals surface area contributed by atoms with Crippen LogP contribution in [0, 0.1) is 11.3 Å². The SMILES string of the molecule is CSCCCN1C(=O)CC[C@H]2CN(C(=O)C3(C(N)=O)CC3)CC[C@H]21. The van der Waals surface area contributed by atoms with Crippen molar-refractivity contribution < 1.29 is 14.4 Å². The zero-order valence-electron chi connectivity index (χ0n) is 14.3. The van der Waals surface area contributed by atoms with Gasteiger partial charge < -0.3 is 15.5 Å². The Morgan fingerprint density at radius 1 is 1.33 bits per heavy atom. The molecule has 3 amide bonds. The lowest BCUT2D eigenvalue weighted by atomic mass is 9.83. The Hall–Kier alpha value is -1.24. The molecule has 0 aromatic carbocycles. The number of piperidine rings is 2. The predicted molar refractivity (Wildman–Crippen MR) is 93.3 cm³/mol. The first-order chi connectivity index (χ1) is 11.5. The molecule has 6 nitrogen and oxygen atoms in total. The Balaban J connectivity index is 1.63. The smallest absolute Gasteiger partial charge is 0.238 e. The monoisotopic (exact) mass is 353 g/mol. The second-order valence-electron chi connectivity index (χ2n) is 7.29. The van der Waals surface area contributed by atoms with E-state index in [4.69, 9.17) is 5.73 Å². The third kappa shape index (κ3) is 3.15. The number of nitrogens with two attached hydrogens (primary N) is 1. The van der Waals surface area contributed by atoms with E-state index in [1.165, 1.54) is 0 Å². The average molecular weight is 353 g/mol. The summed E-state index contributed by atoms with van der Waals surface area (Å²) in [6.45, 7) is 2.10. The van der Waals surface area contributed by atoms with Crippen LogP contribution in [0.25, 0.3) is 0 Å². The molecule has 2 N–H and O–H groups in total. The van der Waals surface area contributed by atoms with Crippen molar-refractivity contribution in [2.75, 3.05) is 31.6 Å². The Labute approximate surface area is 147 Å². The molecule has 2 heterocycles. The van der Waals surface area contributed by atoms with E-state index in [0.29, 0.717) is 38.3 Å². The summed E-state index contributed by atoms with van der Waals surface area (Å²) >= 11 is 1.80. The first kappa shape index (κ1) is 17.6. The van der Waals surface area contributed by atoms with E-state index in [2.05, 4.69) is 6.26 Å². The van der Waals surface area contributed by atoms with E-state index < -0.39 is 11.3 Å². The van der Waals surface area contributed by atoms with Crippen LogP contribution in [0.3, 0.4) is 0 Å². The number of nitrogens with zero attached hydrogens (tertiary/aromatic N) is 2. The van der Waals surface area contributed by atoms with Crippen molar-refractivity contribution >= 4 is 29.5 Å². The minimum absolute atomic E-state index is 0.0840. The number of rotatable bonds is 6. The Morgan fingerprint density at radius 2 is 2.08 bits per heavy atom. The Kier molecular flexibility index (Phi) is 5.08. The number of fused-ring (bicyclic) bond motifs is 1. The third-order valence-corrected chi connectivity index (χ3v) is 6.51. The molecule has 0 aromatic rings. The first-order valence-corrected chi connectivity index (χ1v) is 10.3. The van der Waals surface area contributed by atoms with Gasteiger partial charge in [0.1, 0.15) is 5.41 Å². The maximum Gasteiger partial charge on any atom is 0.238 e. The van der Waals surface area contributed by atoms with Crippen LogP contribution in [-0.4, -0.2) is 65.2 Å². The molecule has 0 bridgehead atoms. The number of carbonyl (C=O) groups excluding carboxylic acids is 3. The molecule has 3 rings (SSSR count). The van der Waals surface area contributed by atoms with Gasteiger partial charge >= 0.3 is 0 Å². The van der Waals surface area contributed by atoms with Crippen LogP contribution in [0.4, 0.5) is 0 Å². The lowest BCUT2D eigenvalue weighted by Gasteiger charge is -2.47. The molecule has 2 aliphatic heterocycles. The van der Waals surface area contributed by atoms with E-state index in [9.17, 15) is 14.4 Å². The molecule has 1 saturated carbocycles. The second kappa shape index (κ2) is 6.94. The van der Waals surface area contributed by atoms with Gasteiger partial charge in [-0.25, -0.2) is 0 Å². The molecule has 0 aromatic heterocycles. The molecule has 2 saturated heterocycles. The minimum atomic E-state index is -0.921. The van der Waals surface area contributed by atoms with Gasteiger partial charge in [-0.2, -0.15) is 11.8 Å². The van der Waals surface area contributed by atoms with Crippen molar-refractivity contribution in [1.82, 2.24) is 9.80 Å². The molecule has 24 heavy (non-hydrogen) atoms. The highest BCUT2D eigenvalue weighted by molar-refractivity contribution is 7.98. The van der Waals surface area contributed by atoms with Crippen LogP contribution in [0.5, 0.6) is 0 Å².